The number of nitrogens with one attached hydrogen (secondary N) is 1. The number of hydrogen-bond donors (Lipinski definition) is 1. The van der Waals surface area contributed by atoms with E-state index in [2.05, 4.69) is 28.7 Å². The van der Waals surface area contributed by atoms with Gasteiger partial charge in [0.05, 0.1) is 22.9 Å². The van der Waals surface area contributed by atoms with Crippen LogP contribution in [0.4, 0.5) is 0 Å². The van der Waals surface area contributed by atoms with E-state index in [9.17, 15) is 4.79 Å². The first-order valence-electron chi connectivity index (χ1n) is 12.4. The Morgan fingerprint density at radius 1 is 1.03 bits per heavy atom. The lowest BCUT2D eigenvalue weighted by Crippen LogP contribution is -2.24. The van der Waals surface area contributed by atoms with Gasteiger partial charge in [-0.2, -0.15) is 5.10 Å². The first-order chi connectivity index (χ1) is 19.1. The van der Waals surface area contributed by atoms with E-state index in [0.29, 0.717) is 39.0 Å². The first kappa shape index (κ1) is 27.2. The molecule has 0 atom stereocenters. The SMILES string of the molecule is COc1cc(/C=N\NC(=O)COc2ccc(C3SCCS3)cc2)cc(Cl)c1OCc1cccc2ccccc12. The molecule has 4 aromatic carbocycles. The van der Waals surface area contributed by atoms with Gasteiger partial charge in [0.15, 0.2) is 18.1 Å². The normalized spacial score (nSPS) is 13.6. The van der Waals surface area contributed by atoms with Gasteiger partial charge in [0.25, 0.3) is 5.91 Å². The second kappa shape index (κ2) is 13.2. The largest absolute Gasteiger partial charge is 0.493 e. The van der Waals surface area contributed by atoms with Crippen LogP contribution in [0.25, 0.3) is 10.8 Å². The van der Waals surface area contributed by atoms with Gasteiger partial charge in [-0.15, -0.1) is 23.5 Å². The van der Waals surface area contributed by atoms with E-state index < -0.39 is 0 Å². The Kier molecular flexibility index (Phi) is 9.19. The van der Waals surface area contributed by atoms with E-state index in [1.54, 1.807) is 19.2 Å². The number of amides is 1. The third-order valence-electron chi connectivity index (χ3n) is 6.05. The van der Waals surface area contributed by atoms with Gasteiger partial charge >= 0.3 is 0 Å². The lowest BCUT2D eigenvalue weighted by Gasteiger charge is -2.14. The van der Waals surface area contributed by atoms with Crippen molar-refractivity contribution in [1.82, 2.24) is 5.43 Å². The molecule has 1 N–H and O–H groups in total. The summed E-state index contributed by atoms with van der Waals surface area (Å²) in [6.07, 6.45) is 1.49. The number of thioether (sulfide) groups is 2. The van der Waals surface area contributed by atoms with Crippen LogP contribution in [0.2, 0.25) is 5.02 Å². The molecule has 1 saturated heterocycles. The molecule has 0 spiro atoms. The number of rotatable bonds is 10. The molecule has 0 bridgehead atoms. The summed E-state index contributed by atoms with van der Waals surface area (Å²) in [6, 6.07) is 25.6. The van der Waals surface area contributed by atoms with Crippen LogP contribution >= 0.6 is 35.1 Å². The highest BCUT2D eigenvalue weighted by Gasteiger charge is 2.18. The van der Waals surface area contributed by atoms with Crippen LogP contribution in [0.3, 0.4) is 0 Å². The van der Waals surface area contributed by atoms with Crippen LogP contribution in [-0.2, 0) is 11.4 Å². The number of benzene rings is 4. The molecule has 0 aromatic heterocycles. The molecule has 0 saturated carbocycles. The Hall–Kier alpha value is -3.33. The lowest BCUT2D eigenvalue weighted by molar-refractivity contribution is -0.123. The van der Waals surface area contributed by atoms with E-state index in [1.165, 1.54) is 23.3 Å². The molecule has 1 aliphatic rings. The lowest BCUT2D eigenvalue weighted by atomic mass is 10.1. The molecule has 5 rings (SSSR count). The van der Waals surface area contributed by atoms with Crippen molar-refractivity contribution >= 4 is 58.0 Å². The number of ether oxygens (including phenoxy) is 3. The average Bonchev–Trinajstić information content (AvgIpc) is 3.51. The summed E-state index contributed by atoms with van der Waals surface area (Å²) in [5.41, 5.74) is 5.44. The monoisotopic (exact) mass is 578 g/mol. The zero-order valence-electron chi connectivity index (χ0n) is 21.3. The Balaban J connectivity index is 1.15. The Bertz CT molecular complexity index is 1470. The van der Waals surface area contributed by atoms with Crippen LogP contribution in [-0.4, -0.2) is 37.3 Å². The molecular formula is C30H27ClN2O4S2. The third-order valence-corrected chi connectivity index (χ3v) is 9.44. The van der Waals surface area contributed by atoms with Gasteiger partial charge in [-0.1, -0.05) is 66.2 Å². The minimum absolute atomic E-state index is 0.144. The molecule has 1 fully saturated rings. The van der Waals surface area contributed by atoms with Crippen molar-refractivity contribution in [2.45, 2.75) is 11.2 Å². The number of hydrogen-bond acceptors (Lipinski definition) is 7. The van der Waals surface area contributed by atoms with Gasteiger partial charge in [0, 0.05) is 11.5 Å². The highest BCUT2D eigenvalue weighted by atomic mass is 35.5. The maximum Gasteiger partial charge on any atom is 0.277 e. The van der Waals surface area contributed by atoms with E-state index in [-0.39, 0.29) is 12.5 Å². The Morgan fingerprint density at radius 3 is 2.59 bits per heavy atom. The number of hydrazone groups is 1. The minimum atomic E-state index is -0.370. The standard InChI is InChI=1S/C30H27ClN2O4S2/c1-35-27-16-20(15-26(31)29(27)37-18-23-7-4-6-21-5-2-3-8-25(21)23)17-32-33-28(34)19-36-24-11-9-22(10-12-24)30-38-13-14-39-30/h2-12,15-17,30H,13-14,18-19H2,1H3,(H,33,34)/b32-17-. The van der Waals surface area contributed by atoms with Gasteiger partial charge in [0.1, 0.15) is 12.4 Å². The van der Waals surface area contributed by atoms with Crippen LogP contribution in [0.15, 0.2) is 84.0 Å². The summed E-state index contributed by atoms with van der Waals surface area (Å²) in [6.45, 7) is 0.191. The smallest absolute Gasteiger partial charge is 0.277 e. The zero-order chi connectivity index (χ0) is 27.0. The predicted molar refractivity (Wildman–Crippen MR) is 162 cm³/mol. The summed E-state index contributed by atoms with van der Waals surface area (Å²) in [4.78, 5) is 12.2. The number of fused-ring (bicyclic) bond motifs is 1. The van der Waals surface area contributed by atoms with Gasteiger partial charge in [-0.05, 0) is 51.7 Å². The third kappa shape index (κ3) is 7.01. The van der Waals surface area contributed by atoms with Gasteiger partial charge in [-0.25, -0.2) is 5.43 Å². The molecule has 0 unspecified atom stereocenters. The number of halogens is 1. The van der Waals surface area contributed by atoms with E-state index in [1.807, 2.05) is 72.1 Å². The highest BCUT2D eigenvalue weighted by molar-refractivity contribution is 8.19. The van der Waals surface area contributed by atoms with Crippen molar-refractivity contribution in [1.29, 1.82) is 0 Å². The number of methoxy groups -OCH3 is 1. The van der Waals surface area contributed by atoms with E-state index in [4.69, 9.17) is 25.8 Å². The van der Waals surface area contributed by atoms with Crippen molar-refractivity contribution in [3.05, 3.63) is 101 Å². The molecule has 1 amide bonds. The molecule has 9 heteroatoms. The predicted octanol–water partition coefficient (Wildman–Crippen LogP) is 7.09. The summed E-state index contributed by atoms with van der Waals surface area (Å²) >= 11 is 10.4. The fourth-order valence-corrected chi connectivity index (χ4v) is 7.29. The minimum Gasteiger partial charge on any atom is -0.493 e. The maximum absolute atomic E-state index is 12.2. The zero-order valence-corrected chi connectivity index (χ0v) is 23.7. The van der Waals surface area contributed by atoms with Crippen LogP contribution in [0.1, 0.15) is 21.3 Å². The summed E-state index contributed by atoms with van der Waals surface area (Å²) in [5.74, 6) is 3.54. The second-order valence-corrected chi connectivity index (χ2v) is 11.8. The Labute approximate surface area is 241 Å². The fraction of sp³-hybridized carbons (Fsp3) is 0.200. The molecule has 39 heavy (non-hydrogen) atoms. The number of carbonyl (C=O) groups is 1. The summed E-state index contributed by atoms with van der Waals surface area (Å²) in [7, 11) is 1.55. The van der Waals surface area contributed by atoms with Crippen LogP contribution < -0.4 is 19.6 Å². The quantitative estimate of drug-likeness (QED) is 0.160. The van der Waals surface area contributed by atoms with Crippen molar-refractivity contribution in [2.75, 3.05) is 25.2 Å². The molecule has 4 aromatic rings. The number of nitrogens with zero attached hydrogens (tertiary/aromatic N) is 1. The van der Waals surface area contributed by atoms with Crippen molar-refractivity contribution in [3.63, 3.8) is 0 Å². The molecule has 1 aliphatic heterocycles. The molecule has 0 aliphatic carbocycles. The second-order valence-electron chi connectivity index (χ2n) is 8.69. The highest BCUT2D eigenvalue weighted by Crippen LogP contribution is 2.45. The van der Waals surface area contributed by atoms with Crippen LogP contribution in [0, 0.1) is 0 Å². The maximum atomic E-state index is 12.2. The average molecular weight is 579 g/mol. The number of carbonyl (C=O) groups excluding carboxylic acids is 1. The molecule has 6 nitrogen and oxygen atoms in total. The topological polar surface area (TPSA) is 69.2 Å². The first-order valence-corrected chi connectivity index (χ1v) is 14.8. The summed E-state index contributed by atoms with van der Waals surface area (Å²) < 4.78 is 17.7. The van der Waals surface area contributed by atoms with E-state index >= 15 is 0 Å². The van der Waals surface area contributed by atoms with Gasteiger partial charge < -0.3 is 14.2 Å². The van der Waals surface area contributed by atoms with Crippen molar-refractivity contribution in [2.24, 2.45) is 5.10 Å². The molecular weight excluding hydrogens is 552 g/mol. The van der Waals surface area contributed by atoms with Crippen LogP contribution in [0.5, 0.6) is 17.2 Å². The summed E-state index contributed by atoms with van der Waals surface area (Å²) in [5, 5.41) is 6.68. The van der Waals surface area contributed by atoms with E-state index in [0.717, 1.165) is 16.3 Å². The molecule has 1 heterocycles. The fourth-order valence-electron chi connectivity index (χ4n) is 4.15. The van der Waals surface area contributed by atoms with Crippen molar-refractivity contribution < 1.29 is 19.0 Å². The Morgan fingerprint density at radius 2 is 1.79 bits per heavy atom. The molecule has 200 valence electrons. The van der Waals surface area contributed by atoms with Crippen molar-refractivity contribution in [3.8, 4) is 17.2 Å². The van der Waals surface area contributed by atoms with Gasteiger partial charge in [-0.3, -0.25) is 4.79 Å². The van der Waals surface area contributed by atoms with Gasteiger partial charge in [0.2, 0.25) is 0 Å². The molecule has 0 radical (unpaired) electrons.